The average molecular weight is 335 g/mol. The fourth-order valence-electron chi connectivity index (χ4n) is 2.81. The van der Waals surface area contributed by atoms with Crippen LogP contribution in [0.5, 0.6) is 0 Å². The molecule has 1 saturated carbocycles. The minimum atomic E-state index is -0.385. The SMILES string of the molecule is CCOC(=O)/C=C/c1ccc(NC(=O)C2(c3ccccc3)CC2)cc1. The lowest BCUT2D eigenvalue weighted by Crippen LogP contribution is -2.27. The molecular weight excluding hydrogens is 314 g/mol. The summed E-state index contributed by atoms with van der Waals surface area (Å²) in [6, 6.07) is 17.3. The molecule has 0 radical (unpaired) electrons. The fraction of sp³-hybridized carbons (Fsp3) is 0.238. The highest BCUT2D eigenvalue weighted by molar-refractivity contribution is 6.01. The number of carbonyl (C=O) groups is 2. The van der Waals surface area contributed by atoms with Crippen LogP contribution >= 0.6 is 0 Å². The van der Waals surface area contributed by atoms with Crippen LogP contribution in [0.25, 0.3) is 6.08 Å². The van der Waals surface area contributed by atoms with E-state index in [0.717, 1.165) is 29.7 Å². The zero-order chi connectivity index (χ0) is 17.7. The van der Waals surface area contributed by atoms with Crippen LogP contribution in [-0.2, 0) is 19.7 Å². The van der Waals surface area contributed by atoms with Crippen molar-refractivity contribution >= 4 is 23.6 Å². The molecule has 1 amide bonds. The van der Waals surface area contributed by atoms with E-state index in [9.17, 15) is 9.59 Å². The van der Waals surface area contributed by atoms with Crippen LogP contribution in [-0.4, -0.2) is 18.5 Å². The molecule has 0 bridgehead atoms. The summed E-state index contributed by atoms with van der Waals surface area (Å²) >= 11 is 0. The molecule has 0 atom stereocenters. The van der Waals surface area contributed by atoms with Gasteiger partial charge in [-0.3, -0.25) is 4.79 Å². The molecule has 1 aliphatic rings. The molecule has 3 rings (SSSR count). The molecule has 128 valence electrons. The summed E-state index contributed by atoms with van der Waals surface area (Å²) in [5.74, 6) is -0.327. The van der Waals surface area contributed by atoms with Gasteiger partial charge in [-0.05, 0) is 49.1 Å². The molecule has 2 aromatic carbocycles. The van der Waals surface area contributed by atoms with Crippen molar-refractivity contribution in [2.45, 2.75) is 25.2 Å². The lowest BCUT2D eigenvalue weighted by atomic mass is 9.95. The number of hydrogen-bond donors (Lipinski definition) is 1. The Kier molecular flexibility index (Phi) is 4.98. The van der Waals surface area contributed by atoms with Crippen LogP contribution in [0.3, 0.4) is 0 Å². The van der Waals surface area contributed by atoms with Crippen LogP contribution in [0, 0.1) is 0 Å². The molecule has 4 heteroatoms. The van der Waals surface area contributed by atoms with E-state index in [1.807, 2.05) is 54.6 Å². The predicted molar refractivity (Wildman–Crippen MR) is 98.1 cm³/mol. The molecular formula is C21H21NO3. The van der Waals surface area contributed by atoms with Crippen molar-refractivity contribution in [1.82, 2.24) is 0 Å². The van der Waals surface area contributed by atoms with Crippen LogP contribution in [0.2, 0.25) is 0 Å². The van der Waals surface area contributed by atoms with E-state index in [1.54, 1.807) is 13.0 Å². The first-order valence-corrected chi connectivity index (χ1v) is 8.46. The average Bonchev–Trinajstić information content (AvgIpc) is 3.44. The molecule has 0 unspecified atom stereocenters. The van der Waals surface area contributed by atoms with E-state index in [0.29, 0.717) is 6.61 Å². The van der Waals surface area contributed by atoms with Gasteiger partial charge in [0.2, 0.25) is 5.91 Å². The normalized spacial score (nSPS) is 14.9. The molecule has 25 heavy (non-hydrogen) atoms. The standard InChI is InChI=1S/C21H21NO3/c1-2-25-19(23)13-10-16-8-11-18(12-9-16)22-20(24)21(14-15-21)17-6-4-3-5-7-17/h3-13H,2,14-15H2,1H3,(H,22,24)/b13-10+. The maximum absolute atomic E-state index is 12.7. The second-order valence-electron chi connectivity index (χ2n) is 6.11. The number of benzene rings is 2. The van der Waals surface area contributed by atoms with Gasteiger partial charge in [0.1, 0.15) is 0 Å². The number of nitrogens with one attached hydrogen (secondary N) is 1. The summed E-state index contributed by atoms with van der Waals surface area (Å²) in [5.41, 5.74) is 2.31. The van der Waals surface area contributed by atoms with Gasteiger partial charge in [-0.2, -0.15) is 0 Å². The maximum Gasteiger partial charge on any atom is 0.330 e. The second-order valence-corrected chi connectivity index (χ2v) is 6.11. The number of ether oxygens (including phenoxy) is 1. The maximum atomic E-state index is 12.7. The van der Waals surface area contributed by atoms with Crippen LogP contribution in [0.15, 0.2) is 60.7 Å². The zero-order valence-electron chi connectivity index (χ0n) is 14.2. The van der Waals surface area contributed by atoms with E-state index in [2.05, 4.69) is 5.32 Å². The molecule has 1 fully saturated rings. The van der Waals surface area contributed by atoms with Gasteiger partial charge < -0.3 is 10.1 Å². The Hall–Kier alpha value is -2.88. The molecule has 0 spiro atoms. The topological polar surface area (TPSA) is 55.4 Å². The molecule has 4 nitrogen and oxygen atoms in total. The minimum Gasteiger partial charge on any atom is -0.463 e. The Balaban J connectivity index is 1.64. The van der Waals surface area contributed by atoms with Crippen molar-refractivity contribution in [2.24, 2.45) is 0 Å². The lowest BCUT2D eigenvalue weighted by molar-refractivity contribution is -0.137. The Bertz CT molecular complexity index is 775. The Morgan fingerprint density at radius 1 is 1.08 bits per heavy atom. The quantitative estimate of drug-likeness (QED) is 0.643. The Morgan fingerprint density at radius 2 is 1.76 bits per heavy atom. The first-order valence-electron chi connectivity index (χ1n) is 8.46. The summed E-state index contributed by atoms with van der Waals surface area (Å²) in [4.78, 5) is 24.0. The van der Waals surface area contributed by atoms with Gasteiger partial charge in [-0.25, -0.2) is 4.79 Å². The summed E-state index contributed by atoms with van der Waals surface area (Å²) in [6.07, 6.45) is 4.84. The van der Waals surface area contributed by atoms with E-state index in [1.165, 1.54) is 6.08 Å². The van der Waals surface area contributed by atoms with Gasteiger partial charge in [0.25, 0.3) is 0 Å². The van der Waals surface area contributed by atoms with Gasteiger partial charge in [0, 0.05) is 11.8 Å². The highest BCUT2D eigenvalue weighted by atomic mass is 16.5. The van der Waals surface area contributed by atoms with E-state index < -0.39 is 0 Å². The van der Waals surface area contributed by atoms with Crippen molar-refractivity contribution < 1.29 is 14.3 Å². The summed E-state index contributed by atoms with van der Waals surface area (Å²) in [6.45, 7) is 2.13. The molecule has 2 aromatic rings. The molecule has 1 aliphatic carbocycles. The number of anilines is 1. The first-order chi connectivity index (χ1) is 12.1. The smallest absolute Gasteiger partial charge is 0.330 e. The van der Waals surface area contributed by atoms with Crippen LogP contribution in [0.4, 0.5) is 5.69 Å². The van der Waals surface area contributed by atoms with Crippen LogP contribution in [0.1, 0.15) is 30.9 Å². The van der Waals surface area contributed by atoms with Gasteiger partial charge in [-0.15, -0.1) is 0 Å². The van der Waals surface area contributed by atoms with E-state index >= 15 is 0 Å². The third-order valence-corrected chi connectivity index (χ3v) is 4.38. The monoisotopic (exact) mass is 335 g/mol. The summed E-state index contributed by atoms with van der Waals surface area (Å²) < 4.78 is 4.84. The van der Waals surface area contributed by atoms with E-state index in [4.69, 9.17) is 4.74 Å². The Morgan fingerprint density at radius 3 is 2.36 bits per heavy atom. The van der Waals surface area contributed by atoms with Crippen molar-refractivity contribution in [2.75, 3.05) is 11.9 Å². The molecule has 1 N–H and O–H groups in total. The van der Waals surface area contributed by atoms with Gasteiger partial charge >= 0.3 is 5.97 Å². The predicted octanol–water partition coefficient (Wildman–Crippen LogP) is 3.93. The van der Waals surface area contributed by atoms with Gasteiger partial charge in [-0.1, -0.05) is 42.5 Å². The van der Waals surface area contributed by atoms with Gasteiger partial charge in [0.15, 0.2) is 0 Å². The first kappa shape index (κ1) is 17.0. The molecule has 0 heterocycles. The highest BCUT2D eigenvalue weighted by Gasteiger charge is 2.51. The van der Waals surface area contributed by atoms with Crippen molar-refractivity contribution in [3.63, 3.8) is 0 Å². The third-order valence-electron chi connectivity index (χ3n) is 4.38. The number of rotatable bonds is 6. The molecule has 0 aromatic heterocycles. The zero-order valence-corrected chi connectivity index (χ0v) is 14.2. The molecule has 0 aliphatic heterocycles. The summed E-state index contributed by atoms with van der Waals surface area (Å²) in [7, 11) is 0. The highest BCUT2D eigenvalue weighted by Crippen LogP contribution is 2.48. The van der Waals surface area contributed by atoms with Crippen LogP contribution < -0.4 is 5.32 Å². The summed E-state index contributed by atoms with van der Waals surface area (Å²) in [5, 5.41) is 3.00. The number of amides is 1. The van der Waals surface area contributed by atoms with Gasteiger partial charge in [0.05, 0.1) is 12.0 Å². The largest absolute Gasteiger partial charge is 0.463 e. The van der Waals surface area contributed by atoms with Crippen molar-refractivity contribution in [3.8, 4) is 0 Å². The number of hydrogen-bond acceptors (Lipinski definition) is 3. The number of carbonyl (C=O) groups excluding carboxylic acids is 2. The van der Waals surface area contributed by atoms with E-state index in [-0.39, 0.29) is 17.3 Å². The van der Waals surface area contributed by atoms with Crippen molar-refractivity contribution in [1.29, 1.82) is 0 Å². The minimum absolute atomic E-state index is 0.0357. The Labute approximate surface area is 147 Å². The fourth-order valence-corrected chi connectivity index (χ4v) is 2.81. The third kappa shape index (κ3) is 3.97. The van der Waals surface area contributed by atoms with Crippen molar-refractivity contribution in [3.05, 3.63) is 71.8 Å². The number of esters is 1. The molecule has 0 saturated heterocycles. The lowest BCUT2D eigenvalue weighted by Gasteiger charge is -2.15. The second kappa shape index (κ2) is 7.34.